The van der Waals surface area contributed by atoms with Crippen LogP contribution in [-0.2, 0) is 9.53 Å². The van der Waals surface area contributed by atoms with E-state index in [1.165, 1.54) is 0 Å². The summed E-state index contributed by atoms with van der Waals surface area (Å²) in [6, 6.07) is 2.60. The molecule has 4 heterocycles. The van der Waals surface area contributed by atoms with Crippen molar-refractivity contribution in [1.29, 1.82) is 0 Å². The first-order chi connectivity index (χ1) is 12.2. The molecule has 8 heteroatoms. The van der Waals surface area contributed by atoms with Crippen LogP contribution in [0.3, 0.4) is 0 Å². The number of hydrogen-bond acceptors (Lipinski definition) is 7. The average molecular weight is 346 g/mol. The third-order valence-corrected chi connectivity index (χ3v) is 5.47. The highest BCUT2D eigenvalue weighted by Crippen LogP contribution is 2.24. The van der Waals surface area contributed by atoms with Crippen molar-refractivity contribution in [3.8, 4) is 0 Å². The molecule has 3 aliphatic rings. The molecule has 0 aromatic carbocycles. The highest BCUT2D eigenvalue weighted by molar-refractivity contribution is 5.82. The quantitative estimate of drug-likeness (QED) is 0.742. The van der Waals surface area contributed by atoms with Crippen LogP contribution in [0.2, 0.25) is 0 Å². The molecule has 3 saturated heterocycles. The number of piperazine rings is 1. The van der Waals surface area contributed by atoms with Gasteiger partial charge in [0.25, 0.3) is 0 Å². The van der Waals surface area contributed by atoms with Crippen molar-refractivity contribution in [2.45, 2.75) is 12.5 Å². The zero-order chi connectivity index (χ0) is 17.2. The number of amides is 1. The Bertz CT molecular complexity index is 621. The minimum Gasteiger partial charge on any atom is -0.379 e. The maximum atomic E-state index is 12.0. The molecule has 136 valence electrons. The molecule has 1 atom stereocenters. The Balaban J connectivity index is 1.42. The molecule has 1 amide bonds. The summed E-state index contributed by atoms with van der Waals surface area (Å²) in [5, 5.41) is 0. The third kappa shape index (κ3) is 3.55. The largest absolute Gasteiger partial charge is 0.379 e. The number of morpholine rings is 1. The van der Waals surface area contributed by atoms with E-state index in [2.05, 4.69) is 19.8 Å². The molecule has 3 fully saturated rings. The first-order valence-electron chi connectivity index (χ1n) is 9.08. The van der Waals surface area contributed by atoms with Crippen molar-refractivity contribution in [2.75, 3.05) is 75.9 Å². The lowest BCUT2D eigenvalue weighted by Crippen LogP contribution is -2.48. The molecule has 25 heavy (non-hydrogen) atoms. The Morgan fingerprint density at radius 1 is 1.04 bits per heavy atom. The summed E-state index contributed by atoms with van der Waals surface area (Å²) in [5.41, 5.74) is 0. The van der Waals surface area contributed by atoms with E-state index < -0.39 is 0 Å². The fraction of sp³-hybridized carbons (Fsp3) is 0.706. The van der Waals surface area contributed by atoms with Crippen LogP contribution in [0.5, 0.6) is 0 Å². The first-order valence-corrected chi connectivity index (χ1v) is 9.08. The molecular weight excluding hydrogens is 320 g/mol. The Labute approximate surface area is 148 Å². The lowest BCUT2D eigenvalue weighted by atomic mass is 10.2. The van der Waals surface area contributed by atoms with E-state index in [9.17, 15) is 4.79 Å². The molecule has 0 N–H and O–H groups in total. The number of rotatable bonds is 3. The number of likely N-dealkylation sites (N-methyl/N-ethyl adjacent to an activating group) is 1. The predicted molar refractivity (Wildman–Crippen MR) is 94.9 cm³/mol. The molecule has 0 radical (unpaired) electrons. The van der Waals surface area contributed by atoms with Gasteiger partial charge in [0.1, 0.15) is 18.0 Å². The van der Waals surface area contributed by atoms with Gasteiger partial charge in [-0.1, -0.05) is 0 Å². The summed E-state index contributed by atoms with van der Waals surface area (Å²) in [7, 11) is 1.85. The second-order valence-corrected chi connectivity index (χ2v) is 7.01. The Hall–Kier alpha value is -1.93. The van der Waals surface area contributed by atoms with Gasteiger partial charge < -0.3 is 19.4 Å². The fourth-order valence-corrected chi connectivity index (χ4v) is 3.83. The van der Waals surface area contributed by atoms with E-state index in [-0.39, 0.29) is 5.91 Å². The number of ether oxygens (including phenoxy) is 1. The van der Waals surface area contributed by atoms with Crippen LogP contribution in [0.25, 0.3) is 0 Å². The molecule has 1 unspecified atom stereocenters. The number of hydrogen-bond donors (Lipinski definition) is 0. The smallest absolute Gasteiger partial charge is 0.241 e. The minimum absolute atomic E-state index is 0.139. The Morgan fingerprint density at radius 3 is 2.56 bits per heavy atom. The molecule has 1 aromatic heterocycles. The van der Waals surface area contributed by atoms with E-state index >= 15 is 0 Å². The van der Waals surface area contributed by atoms with Gasteiger partial charge in [0.15, 0.2) is 0 Å². The molecule has 1 aromatic rings. The maximum Gasteiger partial charge on any atom is 0.241 e. The number of carbonyl (C=O) groups excluding carboxylic acids is 1. The van der Waals surface area contributed by atoms with Gasteiger partial charge in [-0.25, -0.2) is 9.97 Å². The van der Waals surface area contributed by atoms with Crippen LogP contribution in [0.4, 0.5) is 11.6 Å². The Kier molecular flexibility index (Phi) is 4.72. The van der Waals surface area contributed by atoms with Crippen molar-refractivity contribution in [1.82, 2.24) is 19.8 Å². The van der Waals surface area contributed by atoms with Crippen molar-refractivity contribution < 1.29 is 9.53 Å². The predicted octanol–water partition coefficient (Wildman–Crippen LogP) is -0.334. The number of nitrogens with zero attached hydrogens (tertiary/aromatic N) is 6. The number of anilines is 2. The summed E-state index contributed by atoms with van der Waals surface area (Å²) in [6.45, 7) is 7.68. The SMILES string of the molecule is CN1CCN(c2cc(N3CCC(N4CCOCC4)C3)ncn2)CC1=O. The monoisotopic (exact) mass is 346 g/mol. The highest BCUT2D eigenvalue weighted by Gasteiger charge is 2.30. The van der Waals surface area contributed by atoms with Gasteiger partial charge in [0.2, 0.25) is 5.91 Å². The van der Waals surface area contributed by atoms with Crippen molar-refractivity contribution in [3.63, 3.8) is 0 Å². The van der Waals surface area contributed by atoms with Crippen LogP contribution >= 0.6 is 0 Å². The topological polar surface area (TPSA) is 65.0 Å². The molecule has 8 nitrogen and oxygen atoms in total. The van der Waals surface area contributed by atoms with Crippen LogP contribution < -0.4 is 9.80 Å². The average Bonchev–Trinajstić information content (AvgIpc) is 3.15. The first kappa shape index (κ1) is 16.5. The molecular formula is C17H26N6O2. The van der Waals surface area contributed by atoms with Gasteiger partial charge in [-0.05, 0) is 6.42 Å². The van der Waals surface area contributed by atoms with Crippen molar-refractivity contribution >= 4 is 17.5 Å². The summed E-state index contributed by atoms with van der Waals surface area (Å²) in [4.78, 5) is 29.5. The lowest BCUT2D eigenvalue weighted by molar-refractivity contribution is -0.129. The molecule has 0 spiro atoms. The van der Waals surface area contributed by atoms with Gasteiger partial charge in [-0.3, -0.25) is 9.69 Å². The lowest BCUT2D eigenvalue weighted by Gasteiger charge is -2.33. The Morgan fingerprint density at radius 2 is 1.80 bits per heavy atom. The van der Waals surface area contributed by atoms with Crippen molar-refractivity contribution in [3.05, 3.63) is 12.4 Å². The molecule has 4 rings (SSSR count). The van der Waals surface area contributed by atoms with Crippen molar-refractivity contribution in [2.24, 2.45) is 0 Å². The van der Waals surface area contributed by atoms with Gasteiger partial charge >= 0.3 is 0 Å². The highest BCUT2D eigenvalue weighted by atomic mass is 16.5. The summed E-state index contributed by atoms with van der Waals surface area (Å²) in [6.07, 6.45) is 2.78. The summed E-state index contributed by atoms with van der Waals surface area (Å²) in [5.74, 6) is 1.95. The maximum absolute atomic E-state index is 12.0. The second-order valence-electron chi connectivity index (χ2n) is 7.01. The van der Waals surface area contributed by atoms with Gasteiger partial charge in [-0.15, -0.1) is 0 Å². The second kappa shape index (κ2) is 7.13. The molecule has 3 aliphatic heterocycles. The zero-order valence-electron chi connectivity index (χ0n) is 14.8. The van der Waals surface area contributed by atoms with E-state index in [0.29, 0.717) is 12.6 Å². The standard InChI is InChI=1S/C17H26N6O2/c1-20-4-5-23(12-17(20)24)16-10-15(18-13-19-16)22-3-2-14(11-22)21-6-8-25-9-7-21/h10,13-14H,2-9,11-12H2,1H3. The van der Waals surface area contributed by atoms with Crippen LogP contribution in [0, 0.1) is 0 Å². The van der Waals surface area contributed by atoms with E-state index in [0.717, 1.165) is 70.5 Å². The van der Waals surface area contributed by atoms with Crippen LogP contribution in [0.1, 0.15) is 6.42 Å². The van der Waals surface area contributed by atoms with E-state index in [1.54, 1.807) is 11.2 Å². The van der Waals surface area contributed by atoms with Crippen LogP contribution in [0.15, 0.2) is 12.4 Å². The third-order valence-electron chi connectivity index (χ3n) is 5.47. The zero-order valence-corrected chi connectivity index (χ0v) is 14.8. The van der Waals surface area contributed by atoms with Gasteiger partial charge in [0, 0.05) is 58.4 Å². The molecule has 0 bridgehead atoms. The summed E-state index contributed by atoms with van der Waals surface area (Å²) >= 11 is 0. The van der Waals surface area contributed by atoms with E-state index in [1.807, 2.05) is 18.0 Å². The number of carbonyl (C=O) groups is 1. The van der Waals surface area contributed by atoms with E-state index in [4.69, 9.17) is 4.74 Å². The normalized spacial score (nSPS) is 25.7. The number of aromatic nitrogens is 2. The molecule has 0 aliphatic carbocycles. The molecule has 0 saturated carbocycles. The fourth-order valence-electron chi connectivity index (χ4n) is 3.83. The minimum atomic E-state index is 0.139. The van der Waals surface area contributed by atoms with Crippen LogP contribution in [-0.4, -0.2) is 97.8 Å². The summed E-state index contributed by atoms with van der Waals surface area (Å²) < 4.78 is 5.46. The van der Waals surface area contributed by atoms with Gasteiger partial charge in [-0.2, -0.15) is 0 Å². The van der Waals surface area contributed by atoms with Gasteiger partial charge in [0.05, 0.1) is 19.8 Å².